The monoisotopic (exact) mass is 572 g/mol. The standard InChI is InChI=1S/C32H25FN8O2/c1-43-23-12-19(10-21(33)13-23)29-31-25(7-8-35-29)38-32(39-31)30-24-14-26(36-17-27(24)40-41-30)20-11-22(16-34-15-20)37-28(42)9-18-5-3-2-4-6-18/h2-8,10-17,28,37,42H,9H2,1H3,(H,38,39)(H,40,41). The number of imidazole rings is 1. The average Bonchev–Trinajstić information content (AvgIpc) is 3.65. The van der Waals surface area contributed by atoms with E-state index in [9.17, 15) is 9.50 Å². The summed E-state index contributed by atoms with van der Waals surface area (Å²) in [5.74, 6) is 0.484. The summed E-state index contributed by atoms with van der Waals surface area (Å²) in [4.78, 5) is 21.6. The summed E-state index contributed by atoms with van der Waals surface area (Å²) >= 11 is 0. The molecule has 4 N–H and O–H groups in total. The van der Waals surface area contributed by atoms with E-state index in [1.807, 2.05) is 48.5 Å². The number of aromatic nitrogens is 7. The van der Waals surface area contributed by atoms with Crippen molar-refractivity contribution in [2.45, 2.75) is 12.6 Å². The predicted octanol–water partition coefficient (Wildman–Crippen LogP) is 5.75. The Balaban J connectivity index is 1.21. The van der Waals surface area contributed by atoms with Crippen LogP contribution in [0.3, 0.4) is 0 Å². The first-order chi connectivity index (χ1) is 21.0. The van der Waals surface area contributed by atoms with E-state index in [-0.39, 0.29) is 0 Å². The third kappa shape index (κ3) is 5.24. The molecule has 2 aromatic carbocycles. The molecule has 0 saturated carbocycles. The van der Waals surface area contributed by atoms with Gasteiger partial charge in [-0.2, -0.15) is 5.10 Å². The second-order valence-electron chi connectivity index (χ2n) is 10.0. The molecule has 0 radical (unpaired) electrons. The van der Waals surface area contributed by atoms with Gasteiger partial charge >= 0.3 is 0 Å². The molecule has 212 valence electrons. The number of H-pyrrole nitrogens is 2. The minimum atomic E-state index is -0.781. The zero-order valence-electron chi connectivity index (χ0n) is 22.9. The molecule has 7 aromatic rings. The summed E-state index contributed by atoms with van der Waals surface area (Å²) in [6.45, 7) is 0. The molecule has 10 nitrogen and oxygen atoms in total. The normalized spacial score (nSPS) is 12.1. The first-order valence-electron chi connectivity index (χ1n) is 13.5. The number of hydrogen-bond acceptors (Lipinski definition) is 8. The maximum absolute atomic E-state index is 14.3. The highest BCUT2D eigenvalue weighted by molar-refractivity contribution is 5.97. The number of aliphatic hydroxyl groups excluding tert-OH is 1. The number of nitrogens with one attached hydrogen (secondary N) is 3. The van der Waals surface area contributed by atoms with Crippen molar-refractivity contribution in [3.63, 3.8) is 0 Å². The van der Waals surface area contributed by atoms with Gasteiger partial charge in [-0.05, 0) is 35.9 Å². The number of pyridine rings is 3. The number of aromatic amines is 2. The Labute approximate surface area is 244 Å². The van der Waals surface area contributed by atoms with Crippen LogP contribution in [0.15, 0.2) is 91.5 Å². The fourth-order valence-corrected chi connectivity index (χ4v) is 5.07. The Bertz CT molecular complexity index is 2080. The summed E-state index contributed by atoms with van der Waals surface area (Å²) in [6.07, 6.45) is 6.40. The lowest BCUT2D eigenvalue weighted by atomic mass is 10.1. The molecule has 0 aliphatic rings. The molecule has 0 aliphatic carbocycles. The zero-order valence-corrected chi connectivity index (χ0v) is 22.9. The van der Waals surface area contributed by atoms with Crippen molar-refractivity contribution in [1.82, 2.24) is 35.1 Å². The zero-order chi connectivity index (χ0) is 29.3. The molecule has 5 aromatic heterocycles. The molecule has 0 aliphatic heterocycles. The lowest BCUT2D eigenvalue weighted by molar-refractivity contribution is 0.204. The fourth-order valence-electron chi connectivity index (χ4n) is 5.07. The Morgan fingerprint density at radius 1 is 0.930 bits per heavy atom. The van der Waals surface area contributed by atoms with Crippen LogP contribution < -0.4 is 10.1 Å². The summed E-state index contributed by atoms with van der Waals surface area (Å²) in [5.41, 5.74) is 6.83. The molecule has 0 amide bonds. The van der Waals surface area contributed by atoms with Crippen molar-refractivity contribution < 1.29 is 14.2 Å². The molecule has 1 atom stereocenters. The summed E-state index contributed by atoms with van der Waals surface area (Å²) in [5, 5.41) is 22.0. The van der Waals surface area contributed by atoms with Crippen LogP contribution >= 0.6 is 0 Å². The van der Waals surface area contributed by atoms with Gasteiger partial charge < -0.3 is 20.1 Å². The second-order valence-corrected chi connectivity index (χ2v) is 10.0. The fraction of sp³-hybridized carbons (Fsp3) is 0.0938. The number of rotatable bonds is 8. The molecular weight excluding hydrogens is 547 g/mol. The van der Waals surface area contributed by atoms with Crippen LogP contribution in [0.1, 0.15) is 5.56 Å². The maximum Gasteiger partial charge on any atom is 0.159 e. The van der Waals surface area contributed by atoms with Gasteiger partial charge in [-0.3, -0.25) is 20.1 Å². The summed E-state index contributed by atoms with van der Waals surface area (Å²) < 4.78 is 19.5. The number of fused-ring (bicyclic) bond motifs is 2. The van der Waals surface area contributed by atoms with Crippen LogP contribution in [0.25, 0.3) is 56.0 Å². The van der Waals surface area contributed by atoms with Crippen LogP contribution in [-0.2, 0) is 6.42 Å². The van der Waals surface area contributed by atoms with Crippen LogP contribution in [0.2, 0.25) is 0 Å². The van der Waals surface area contributed by atoms with E-state index in [4.69, 9.17) is 9.72 Å². The Morgan fingerprint density at radius 3 is 2.67 bits per heavy atom. The van der Waals surface area contributed by atoms with Gasteiger partial charge in [0.25, 0.3) is 0 Å². The third-order valence-electron chi connectivity index (χ3n) is 7.09. The average molecular weight is 573 g/mol. The Morgan fingerprint density at radius 2 is 1.81 bits per heavy atom. The van der Waals surface area contributed by atoms with Crippen LogP contribution in [0.4, 0.5) is 10.1 Å². The minimum Gasteiger partial charge on any atom is -0.497 e. The predicted molar refractivity (Wildman–Crippen MR) is 162 cm³/mol. The molecule has 7 rings (SSSR count). The molecule has 5 heterocycles. The van der Waals surface area contributed by atoms with E-state index in [0.717, 1.165) is 27.5 Å². The van der Waals surface area contributed by atoms with Crippen molar-refractivity contribution in [3.8, 4) is 39.8 Å². The van der Waals surface area contributed by atoms with E-state index < -0.39 is 12.0 Å². The van der Waals surface area contributed by atoms with Crippen molar-refractivity contribution in [2.75, 3.05) is 12.4 Å². The molecular formula is C32H25FN8O2. The number of methoxy groups -OCH3 is 1. The lowest BCUT2D eigenvalue weighted by Crippen LogP contribution is -2.21. The number of halogens is 1. The van der Waals surface area contributed by atoms with Crippen LogP contribution in [0, 0.1) is 5.82 Å². The van der Waals surface area contributed by atoms with Gasteiger partial charge in [0.1, 0.15) is 29.0 Å². The summed E-state index contributed by atoms with van der Waals surface area (Å²) in [6, 6.07) is 19.8. The van der Waals surface area contributed by atoms with E-state index in [1.54, 1.807) is 30.9 Å². The molecule has 1 unspecified atom stereocenters. The highest BCUT2D eigenvalue weighted by atomic mass is 19.1. The molecule has 43 heavy (non-hydrogen) atoms. The minimum absolute atomic E-state index is 0.391. The second kappa shape index (κ2) is 11.0. The van der Waals surface area contributed by atoms with Gasteiger partial charge in [-0.15, -0.1) is 0 Å². The largest absolute Gasteiger partial charge is 0.497 e. The molecule has 11 heteroatoms. The van der Waals surface area contributed by atoms with E-state index >= 15 is 0 Å². The number of aliphatic hydroxyl groups is 1. The van der Waals surface area contributed by atoms with Crippen molar-refractivity contribution in [2.24, 2.45) is 0 Å². The first kappa shape index (κ1) is 26.2. The van der Waals surface area contributed by atoms with Gasteiger partial charge in [0.2, 0.25) is 0 Å². The lowest BCUT2D eigenvalue weighted by Gasteiger charge is -2.14. The van der Waals surface area contributed by atoms with E-state index in [2.05, 4.69) is 35.5 Å². The molecule has 0 fully saturated rings. The van der Waals surface area contributed by atoms with Crippen molar-refractivity contribution in [1.29, 1.82) is 0 Å². The maximum atomic E-state index is 14.3. The highest BCUT2D eigenvalue weighted by Crippen LogP contribution is 2.33. The van der Waals surface area contributed by atoms with E-state index in [1.165, 1.54) is 19.2 Å². The van der Waals surface area contributed by atoms with Crippen molar-refractivity contribution >= 4 is 27.6 Å². The van der Waals surface area contributed by atoms with Gasteiger partial charge in [0.15, 0.2) is 5.82 Å². The molecule has 0 bridgehead atoms. The number of hydrogen-bond donors (Lipinski definition) is 4. The van der Waals surface area contributed by atoms with Gasteiger partial charge in [0.05, 0.1) is 47.6 Å². The quantitative estimate of drug-likeness (QED) is 0.169. The van der Waals surface area contributed by atoms with E-state index in [0.29, 0.717) is 51.8 Å². The SMILES string of the molecule is COc1cc(F)cc(-c2nccc3[nH]c(-c4n[nH]c5cnc(-c6cncc(NC(O)Cc7ccccc7)c6)cc45)nc23)c1. The molecule has 0 saturated heterocycles. The number of ether oxygens (including phenoxy) is 1. The Hall–Kier alpha value is -5.68. The van der Waals surface area contributed by atoms with Crippen LogP contribution in [0.5, 0.6) is 5.75 Å². The smallest absolute Gasteiger partial charge is 0.159 e. The van der Waals surface area contributed by atoms with Gasteiger partial charge in [0, 0.05) is 41.4 Å². The number of benzene rings is 2. The number of nitrogens with zero attached hydrogens (tertiary/aromatic N) is 5. The topological polar surface area (TPSA) is 138 Å². The van der Waals surface area contributed by atoms with Crippen LogP contribution in [-0.4, -0.2) is 53.6 Å². The molecule has 0 spiro atoms. The third-order valence-corrected chi connectivity index (χ3v) is 7.09. The Kier molecular flexibility index (Phi) is 6.68. The first-order valence-corrected chi connectivity index (χ1v) is 13.5. The summed E-state index contributed by atoms with van der Waals surface area (Å²) in [7, 11) is 1.49. The highest BCUT2D eigenvalue weighted by Gasteiger charge is 2.18. The number of anilines is 1. The van der Waals surface area contributed by atoms with Gasteiger partial charge in [-0.25, -0.2) is 9.37 Å². The van der Waals surface area contributed by atoms with Crippen molar-refractivity contribution in [3.05, 3.63) is 103 Å². The van der Waals surface area contributed by atoms with Gasteiger partial charge in [-0.1, -0.05) is 30.3 Å².